The van der Waals surface area contributed by atoms with Gasteiger partial charge in [-0.05, 0) is 18.6 Å². The molecule has 0 saturated carbocycles. The number of hydrogen-bond donors (Lipinski definition) is 2. The third-order valence-electron chi connectivity index (χ3n) is 2.67. The number of nitrogens with one attached hydrogen (secondary N) is 1. The Balaban J connectivity index is 3.09. The average Bonchev–Trinajstić information content (AvgIpc) is 2.36. The first kappa shape index (κ1) is 14.0. The van der Waals surface area contributed by atoms with Crippen molar-refractivity contribution in [2.24, 2.45) is 0 Å². The summed E-state index contributed by atoms with van der Waals surface area (Å²) in [6.07, 6.45) is 0.733. The number of sulfone groups is 1. The fourth-order valence-electron chi connectivity index (χ4n) is 1.51. The van der Waals surface area contributed by atoms with Gasteiger partial charge in [-0.25, -0.2) is 8.42 Å². The molecule has 0 amide bonds. The van der Waals surface area contributed by atoms with Crippen LogP contribution in [0.5, 0.6) is 0 Å². The number of anilines is 1. The van der Waals surface area contributed by atoms with E-state index in [-0.39, 0.29) is 18.4 Å². The van der Waals surface area contributed by atoms with Gasteiger partial charge in [0.2, 0.25) is 0 Å². The van der Waals surface area contributed by atoms with Gasteiger partial charge < -0.3 is 10.4 Å². The van der Waals surface area contributed by atoms with Crippen LogP contribution in [-0.2, 0) is 9.84 Å². The van der Waals surface area contributed by atoms with E-state index in [1.165, 1.54) is 0 Å². The Labute approximate surface area is 103 Å². The molecule has 0 aliphatic heterocycles. The molecular weight excluding hydrogens is 238 g/mol. The van der Waals surface area contributed by atoms with Gasteiger partial charge in [0.15, 0.2) is 9.84 Å². The predicted octanol–water partition coefficient (Wildman–Crippen LogP) is 1.66. The monoisotopic (exact) mass is 257 g/mol. The quantitative estimate of drug-likeness (QED) is 0.813. The van der Waals surface area contributed by atoms with Crippen molar-refractivity contribution in [2.45, 2.75) is 31.2 Å². The Morgan fingerprint density at radius 2 is 1.94 bits per heavy atom. The zero-order chi connectivity index (χ0) is 12.9. The van der Waals surface area contributed by atoms with E-state index in [4.69, 9.17) is 5.11 Å². The Hall–Kier alpha value is -1.07. The van der Waals surface area contributed by atoms with Crippen LogP contribution in [0.2, 0.25) is 0 Å². The minimum absolute atomic E-state index is 0.0169. The highest BCUT2D eigenvalue weighted by molar-refractivity contribution is 7.91. The molecular formula is C12H19NO3S. The number of aliphatic hydroxyl groups excluding tert-OH is 1. The lowest BCUT2D eigenvalue weighted by atomic mass is 10.2. The molecule has 1 rings (SSSR count). The van der Waals surface area contributed by atoms with Gasteiger partial charge >= 0.3 is 0 Å². The van der Waals surface area contributed by atoms with E-state index in [2.05, 4.69) is 5.32 Å². The Morgan fingerprint density at radius 1 is 1.29 bits per heavy atom. The Morgan fingerprint density at radius 3 is 2.47 bits per heavy atom. The van der Waals surface area contributed by atoms with Crippen molar-refractivity contribution < 1.29 is 13.5 Å². The van der Waals surface area contributed by atoms with Crippen molar-refractivity contribution in [3.8, 4) is 0 Å². The number of para-hydroxylation sites is 1. The molecule has 1 unspecified atom stereocenters. The van der Waals surface area contributed by atoms with Gasteiger partial charge in [0.25, 0.3) is 0 Å². The molecule has 0 aliphatic carbocycles. The normalized spacial score (nSPS) is 13.4. The third-order valence-corrected chi connectivity index (χ3v) is 4.46. The molecule has 0 radical (unpaired) electrons. The van der Waals surface area contributed by atoms with Crippen LogP contribution in [0.1, 0.15) is 20.3 Å². The number of benzene rings is 1. The molecule has 2 N–H and O–H groups in total. The number of rotatable bonds is 6. The molecule has 0 aliphatic rings. The fraction of sp³-hybridized carbons (Fsp3) is 0.500. The van der Waals surface area contributed by atoms with Crippen LogP contribution in [0.4, 0.5) is 5.69 Å². The largest absolute Gasteiger partial charge is 0.394 e. The van der Waals surface area contributed by atoms with Crippen LogP contribution < -0.4 is 5.32 Å². The maximum atomic E-state index is 11.9. The molecule has 1 atom stereocenters. The van der Waals surface area contributed by atoms with E-state index < -0.39 is 9.84 Å². The summed E-state index contributed by atoms with van der Waals surface area (Å²) < 4.78 is 23.8. The molecule has 0 heterocycles. The van der Waals surface area contributed by atoms with Gasteiger partial charge in [-0.3, -0.25) is 0 Å². The summed E-state index contributed by atoms with van der Waals surface area (Å²) in [7, 11) is -3.24. The summed E-state index contributed by atoms with van der Waals surface area (Å²) >= 11 is 0. The van der Waals surface area contributed by atoms with E-state index in [1.54, 1.807) is 31.2 Å². The second-order valence-electron chi connectivity index (χ2n) is 3.83. The molecule has 4 nitrogen and oxygen atoms in total. The van der Waals surface area contributed by atoms with Crippen LogP contribution in [0.3, 0.4) is 0 Å². The molecule has 0 bridgehead atoms. The molecule has 17 heavy (non-hydrogen) atoms. The highest BCUT2D eigenvalue weighted by Crippen LogP contribution is 2.23. The van der Waals surface area contributed by atoms with Crippen molar-refractivity contribution in [3.05, 3.63) is 24.3 Å². The summed E-state index contributed by atoms with van der Waals surface area (Å²) in [5.41, 5.74) is 0.565. The lowest BCUT2D eigenvalue weighted by Crippen LogP contribution is -2.24. The van der Waals surface area contributed by atoms with Crippen molar-refractivity contribution in [1.82, 2.24) is 0 Å². The van der Waals surface area contributed by atoms with Gasteiger partial charge in [0, 0.05) is 6.04 Å². The SMILES string of the molecule is CCC(CO)Nc1ccccc1S(=O)(=O)CC. The average molecular weight is 257 g/mol. The second-order valence-corrected chi connectivity index (χ2v) is 6.08. The van der Waals surface area contributed by atoms with E-state index >= 15 is 0 Å². The highest BCUT2D eigenvalue weighted by Gasteiger charge is 2.17. The van der Waals surface area contributed by atoms with Crippen molar-refractivity contribution in [2.75, 3.05) is 17.7 Å². The molecule has 96 valence electrons. The molecule has 5 heteroatoms. The maximum absolute atomic E-state index is 11.9. The van der Waals surface area contributed by atoms with Gasteiger partial charge in [-0.15, -0.1) is 0 Å². The molecule has 1 aromatic carbocycles. The Kier molecular flexibility index (Phi) is 4.96. The molecule has 0 spiro atoms. The fourth-order valence-corrected chi connectivity index (χ4v) is 2.57. The lowest BCUT2D eigenvalue weighted by molar-refractivity contribution is 0.271. The van der Waals surface area contributed by atoms with Crippen LogP contribution >= 0.6 is 0 Å². The predicted molar refractivity (Wildman–Crippen MR) is 69.0 cm³/mol. The van der Waals surface area contributed by atoms with Crippen molar-refractivity contribution >= 4 is 15.5 Å². The van der Waals surface area contributed by atoms with Gasteiger partial charge in [0.1, 0.15) is 0 Å². The number of hydrogen-bond acceptors (Lipinski definition) is 4. The summed E-state index contributed by atoms with van der Waals surface area (Å²) in [5, 5.41) is 12.2. The summed E-state index contributed by atoms with van der Waals surface area (Å²) in [4.78, 5) is 0.300. The number of aliphatic hydroxyl groups is 1. The van der Waals surface area contributed by atoms with E-state index in [1.807, 2.05) is 6.92 Å². The van der Waals surface area contributed by atoms with E-state index in [0.29, 0.717) is 10.6 Å². The summed E-state index contributed by atoms with van der Waals surface area (Å²) in [6, 6.07) is 6.67. The minimum Gasteiger partial charge on any atom is -0.394 e. The van der Waals surface area contributed by atoms with Crippen molar-refractivity contribution in [1.29, 1.82) is 0 Å². The summed E-state index contributed by atoms with van der Waals surface area (Å²) in [6.45, 7) is 3.54. The smallest absolute Gasteiger partial charge is 0.180 e. The molecule has 1 aromatic rings. The maximum Gasteiger partial charge on any atom is 0.180 e. The highest BCUT2D eigenvalue weighted by atomic mass is 32.2. The topological polar surface area (TPSA) is 66.4 Å². The lowest BCUT2D eigenvalue weighted by Gasteiger charge is -2.18. The summed E-state index contributed by atoms with van der Waals surface area (Å²) in [5.74, 6) is 0.0710. The van der Waals surface area contributed by atoms with Crippen LogP contribution in [0.15, 0.2) is 29.2 Å². The first-order valence-corrected chi connectivity index (χ1v) is 7.39. The third kappa shape index (κ3) is 3.44. The van der Waals surface area contributed by atoms with Crippen LogP contribution in [0, 0.1) is 0 Å². The van der Waals surface area contributed by atoms with E-state index in [9.17, 15) is 8.42 Å². The van der Waals surface area contributed by atoms with E-state index in [0.717, 1.165) is 6.42 Å². The molecule has 0 saturated heterocycles. The van der Waals surface area contributed by atoms with Gasteiger partial charge in [-0.2, -0.15) is 0 Å². The van der Waals surface area contributed by atoms with Crippen molar-refractivity contribution in [3.63, 3.8) is 0 Å². The standard InChI is InChI=1S/C12H19NO3S/c1-3-10(9-14)13-11-7-5-6-8-12(11)17(15,16)4-2/h5-8,10,13-14H,3-4,9H2,1-2H3. The Bertz CT molecular complexity index is 453. The second kappa shape index (κ2) is 6.02. The zero-order valence-corrected chi connectivity index (χ0v) is 11.0. The molecule has 0 aromatic heterocycles. The van der Waals surface area contributed by atoms with Gasteiger partial charge in [0.05, 0.1) is 22.9 Å². The minimum atomic E-state index is -3.24. The molecule has 0 fully saturated rings. The van der Waals surface area contributed by atoms with Crippen LogP contribution in [-0.4, -0.2) is 31.9 Å². The zero-order valence-electron chi connectivity index (χ0n) is 10.2. The first-order chi connectivity index (χ1) is 8.05. The van der Waals surface area contributed by atoms with Gasteiger partial charge in [-0.1, -0.05) is 26.0 Å². The van der Waals surface area contributed by atoms with Crippen LogP contribution in [0.25, 0.3) is 0 Å². The first-order valence-electron chi connectivity index (χ1n) is 5.74.